The number of halogens is 2. The Morgan fingerprint density at radius 1 is 0.800 bits per heavy atom. The molecule has 2 aliphatic carbocycles. The van der Waals surface area contributed by atoms with Gasteiger partial charge >= 0.3 is 180 Å². The van der Waals surface area contributed by atoms with Gasteiger partial charge in [-0.15, -0.1) is 0 Å². The smallest absolute Gasteiger partial charge is 1.00 e. The van der Waals surface area contributed by atoms with Crippen LogP contribution in [-0.2, 0) is 20.9 Å². The first kappa shape index (κ1) is 25.6. The maximum atomic E-state index is 2.68. The van der Waals surface area contributed by atoms with E-state index >= 15 is 0 Å². The van der Waals surface area contributed by atoms with E-state index in [0.29, 0.717) is 9.54 Å². The number of benzene rings is 2. The summed E-state index contributed by atoms with van der Waals surface area (Å²) in [5.41, 5.74) is 10.8. The van der Waals surface area contributed by atoms with Crippen molar-refractivity contribution >= 4 is 11.5 Å². The van der Waals surface area contributed by atoms with Gasteiger partial charge in [0, 0.05) is 0 Å². The number of hydrogen-bond donors (Lipinski definition) is 0. The first-order chi connectivity index (χ1) is 13.4. The minimum atomic E-state index is -1.84. The van der Waals surface area contributed by atoms with E-state index in [4.69, 9.17) is 0 Å². The molecule has 0 radical (unpaired) electrons. The van der Waals surface area contributed by atoms with Crippen LogP contribution in [0.5, 0.6) is 0 Å². The number of hydrogen-bond acceptors (Lipinski definition) is 0. The van der Waals surface area contributed by atoms with Crippen LogP contribution in [0, 0.1) is 5.92 Å². The summed E-state index contributed by atoms with van der Waals surface area (Å²) in [6.45, 7) is 14.9. The van der Waals surface area contributed by atoms with Gasteiger partial charge in [-0.3, -0.25) is 0 Å². The topological polar surface area (TPSA) is 0 Å². The van der Waals surface area contributed by atoms with Gasteiger partial charge in [0.05, 0.1) is 0 Å². The first-order valence-electron chi connectivity index (χ1n) is 10.5. The Labute approximate surface area is 203 Å². The molecule has 30 heavy (non-hydrogen) atoms. The molecule has 0 spiro atoms. The van der Waals surface area contributed by atoms with Gasteiger partial charge < -0.3 is 24.8 Å². The van der Waals surface area contributed by atoms with Crippen molar-refractivity contribution in [3.63, 3.8) is 0 Å². The van der Waals surface area contributed by atoms with E-state index in [1.807, 2.05) is 3.28 Å². The molecule has 0 heterocycles. The SMILES string of the molecule is CC1=C(C)C(C)[C]([Zr+2]([CH]2C=C(c3ccccc3)c3ccccc32)[SiH](C)C)=C1C.[Cl-].[Cl-]. The van der Waals surface area contributed by atoms with E-state index in [0.717, 1.165) is 0 Å². The zero-order valence-electron chi connectivity index (χ0n) is 18.8. The second-order valence-corrected chi connectivity index (χ2v) is 28.3. The van der Waals surface area contributed by atoms with E-state index in [2.05, 4.69) is 101 Å². The zero-order valence-corrected chi connectivity index (χ0v) is 23.9. The van der Waals surface area contributed by atoms with Crippen LogP contribution in [0.3, 0.4) is 0 Å². The van der Waals surface area contributed by atoms with Crippen LogP contribution in [0.2, 0.25) is 13.1 Å². The molecule has 4 heteroatoms. The molecule has 0 amide bonds. The summed E-state index contributed by atoms with van der Waals surface area (Å²) in [6.07, 6.45) is 2.68. The Balaban J connectivity index is 0.00000160. The molecule has 0 bridgehead atoms. The van der Waals surface area contributed by atoms with E-state index in [1.54, 1.807) is 22.3 Å². The summed E-state index contributed by atoms with van der Waals surface area (Å²) in [6, 6.07) is 20.3. The standard InChI is InChI=1S/C15H11.C9H13.C2H7Si.2ClH.Zr/c1-2-6-12(7-3-1)15-11-10-13-8-4-5-9-14(13)15;1-6-5-7(2)9(4)8(6)3;1-3-2;;;/h1-11H;6H,1-4H3;3H,1-2H3;2*1H;/q;;;;;+2/p-2. The summed E-state index contributed by atoms with van der Waals surface area (Å²) < 4.78 is 2.62. The van der Waals surface area contributed by atoms with Crippen LogP contribution in [0.4, 0.5) is 0 Å². The minimum Gasteiger partial charge on any atom is -1.00 e. The summed E-state index contributed by atoms with van der Waals surface area (Å²) in [5, 5.41) is 0. The predicted octanol–water partition coefficient (Wildman–Crippen LogP) is 1.04. The van der Waals surface area contributed by atoms with Crippen LogP contribution < -0.4 is 24.8 Å². The second kappa shape index (κ2) is 10.3. The van der Waals surface area contributed by atoms with Gasteiger partial charge in [-0.2, -0.15) is 0 Å². The third-order valence-corrected chi connectivity index (χ3v) is 27.6. The van der Waals surface area contributed by atoms with Crippen LogP contribution in [-0.4, -0.2) is 5.92 Å². The van der Waals surface area contributed by atoms with E-state index in [1.165, 1.54) is 16.7 Å². The molecule has 0 saturated carbocycles. The van der Waals surface area contributed by atoms with E-state index < -0.39 is 26.8 Å². The third kappa shape index (κ3) is 4.31. The normalized spacial score (nSPS) is 20.0. The monoisotopic (exact) mass is 531 g/mol. The van der Waals surface area contributed by atoms with Crippen LogP contribution >= 0.6 is 0 Å². The molecule has 0 nitrogen and oxygen atoms in total. The second-order valence-electron chi connectivity index (χ2n) is 8.69. The maximum Gasteiger partial charge on any atom is -1.00 e. The molecule has 2 aromatic rings. The molecule has 0 fully saturated rings. The van der Waals surface area contributed by atoms with Crippen molar-refractivity contribution in [2.45, 2.75) is 44.4 Å². The van der Waals surface area contributed by atoms with Gasteiger partial charge in [-0.05, 0) is 0 Å². The van der Waals surface area contributed by atoms with Gasteiger partial charge in [-0.25, -0.2) is 0 Å². The van der Waals surface area contributed by atoms with E-state index in [-0.39, 0.29) is 24.8 Å². The summed E-state index contributed by atoms with van der Waals surface area (Å²) in [5.74, 6) is -0.0639. The van der Waals surface area contributed by atoms with Crippen molar-refractivity contribution < 1.29 is 45.7 Å². The van der Waals surface area contributed by atoms with Gasteiger partial charge in [0.25, 0.3) is 0 Å². The van der Waals surface area contributed by atoms with E-state index in [9.17, 15) is 0 Å². The molecule has 0 aromatic heterocycles. The molecular weight excluding hydrogens is 503 g/mol. The Kier molecular flexibility index (Phi) is 8.79. The molecule has 157 valence electrons. The fourth-order valence-electron chi connectivity index (χ4n) is 5.15. The molecule has 0 N–H and O–H groups in total. The fourth-order valence-corrected chi connectivity index (χ4v) is 27.2. The molecule has 2 unspecified atom stereocenters. The predicted molar refractivity (Wildman–Crippen MR) is 122 cm³/mol. The zero-order chi connectivity index (χ0) is 20.0. The first-order valence-corrected chi connectivity index (χ1v) is 20.3. The number of fused-ring (bicyclic) bond motifs is 1. The molecular formula is C26H31Cl2SiZr. The minimum absolute atomic E-state index is 0. The number of rotatable bonds is 4. The third-order valence-electron chi connectivity index (χ3n) is 6.91. The van der Waals surface area contributed by atoms with Crippen molar-refractivity contribution in [1.82, 2.24) is 0 Å². The quantitative estimate of drug-likeness (QED) is 0.516. The van der Waals surface area contributed by atoms with Crippen LogP contribution in [0.15, 0.2) is 80.7 Å². The van der Waals surface area contributed by atoms with Crippen LogP contribution in [0.1, 0.15) is 48.0 Å². The van der Waals surface area contributed by atoms with Crippen LogP contribution in [0.25, 0.3) is 5.57 Å². The summed E-state index contributed by atoms with van der Waals surface area (Å²) in [7, 11) is 0. The Morgan fingerprint density at radius 3 is 1.97 bits per heavy atom. The average molecular weight is 534 g/mol. The Bertz CT molecular complexity index is 1000. The summed E-state index contributed by atoms with van der Waals surface area (Å²) >= 11 is -1.84. The summed E-state index contributed by atoms with van der Waals surface area (Å²) in [4.78, 5) is 0. The molecule has 4 rings (SSSR count). The molecule has 2 atom stereocenters. The maximum absolute atomic E-state index is 2.68. The van der Waals surface area contributed by atoms with Gasteiger partial charge in [-0.1, -0.05) is 0 Å². The molecule has 2 aliphatic rings. The molecule has 0 aliphatic heterocycles. The Morgan fingerprint density at radius 2 is 1.40 bits per heavy atom. The van der Waals surface area contributed by atoms with Gasteiger partial charge in [0.1, 0.15) is 0 Å². The average Bonchev–Trinajstić information content (AvgIpc) is 3.17. The van der Waals surface area contributed by atoms with Crippen molar-refractivity contribution in [1.29, 1.82) is 0 Å². The molecule has 0 saturated heterocycles. The Hall–Kier alpha value is -0.660. The van der Waals surface area contributed by atoms with Gasteiger partial charge in [0.15, 0.2) is 0 Å². The molecule has 2 aromatic carbocycles. The van der Waals surface area contributed by atoms with Crippen molar-refractivity contribution in [3.8, 4) is 0 Å². The fraction of sp³-hybridized carbons (Fsp3) is 0.308. The number of allylic oxidation sites excluding steroid dienone is 5. The van der Waals surface area contributed by atoms with Crippen molar-refractivity contribution in [2.75, 3.05) is 0 Å². The largest absolute Gasteiger partial charge is 1.00 e. The van der Waals surface area contributed by atoms with Gasteiger partial charge in [0.2, 0.25) is 0 Å². The van der Waals surface area contributed by atoms with Crippen molar-refractivity contribution in [2.24, 2.45) is 5.92 Å². The van der Waals surface area contributed by atoms with Crippen molar-refractivity contribution in [3.05, 3.63) is 97.4 Å².